The molecule has 146 valence electrons. The SMILES string of the molecule is CCCCCCCCCN(C)CCN(C)CCCCCCCCC. The van der Waals surface area contributed by atoms with Crippen molar-refractivity contribution < 1.29 is 0 Å². The van der Waals surface area contributed by atoms with Crippen LogP contribution >= 0.6 is 0 Å². The van der Waals surface area contributed by atoms with E-state index in [2.05, 4.69) is 37.7 Å². The van der Waals surface area contributed by atoms with Crippen LogP contribution in [0, 0.1) is 0 Å². The fourth-order valence-electron chi connectivity index (χ4n) is 3.24. The Hall–Kier alpha value is -0.0800. The summed E-state index contributed by atoms with van der Waals surface area (Å²) in [5.74, 6) is 0. The van der Waals surface area contributed by atoms with Crippen LogP contribution in [-0.4, -0.2) is 50.1 Å². The zero-order valence-corrected chi connectivity index (χ0v) is 17.6. The molecule has 0 radical (unpaired) electrons. The lowest BCUT2D eigenvalue weighted by atomic mass is 10.1. The maximum Gasteiger partial charge on any atom is 0.0106 e. The Kier molecular flexibility index (Phi) is 19.2. The Morgan fingerprint density at radius 3 is 1.00 bits per heavy atom. The molecule has 0 atom stereocenters. The van der Waals surface area contributed by atoms with Crippen molar-refractivity contribution >= 4 is 0 Å². The van der Waals surface area contributed by atoms with E-state index < -0.39 is 0 Å². The highest BCUT2D eigenvalue weighted by molar-refractivity contribution is 4.58. The first-order valence-electron chi connectivity index (χ1n) is 11.1. The summed E-state index contributed by atoms with van der Waals surface area (Å²) in [5.41, 5.74) is 0. The first-order chi connectivity index (χ1) is 11.7. The van der Waals surface area contributed by atoms with Crippen molar-refractivity contribution in [2.45, 2.75) is 104 Å². The lowest BCUT2D eigenvalue weighted by molar-refractivity contribution is 0.249. The van der Waals surface area contributed by atoms with Gasteiger partial charge in [-0.25, -0.2) is 0 Å². The molecule has 0 aliphatic heterocycles. The lowest BCUT2D eigenvalue weighted by Crippen LogP contribution is -2.32. The minimum absolute atomic E-state index is 1.23. The summed E-state index contributed by atoms with van der Waals surface area (Å²) >= 11 is 0. The van der Waals surface area contributed by atoms with Crippen LogP contribution in [-0.2, 0) is 0 Å². The van der Waals surface area contributed by atoms with Gasteiger partial charge in [0.05, 0.1) is 0 Å². The highest BCUT2D eigenvalue weighted by Gasteiger charge is 2.02. The lowest BCUT2D eigenvalue weighted by Gasteiger charge is -2.22. The third-order valence-corrected chi connectivity index (χ3v) is 5.15. The van der Waals surface area contributed by atoms with Crippen molar-refractivity contribution in [3.05, 3.63) is 0 Å². The Labute approximate surface area is 154 Å². The second-order valence-electron chi connectivity index (χ2n) is 7.85. The van der Waals surface area contributed by atoms with Crippen molar-refractivity contribution in [2.24, 2.45) is 0 Å². The molecule has 0 bridgehead atoms. The summed E-state index contributed by atoms with van der Waals surface area (Å²) in [4.78, 5) is 5.04. The third-order valence-electron chi connectivity index (χ3n) is 5.15. The average molecular weight is 341 g/mol. The molecule has 0 spiro atoms. The molecule has 0 aliphatic carbocycles. The smallest absolute Gasteiger partial charge is 0.0106 e. The number of nitrogens with zero attached hydrogens (tertiary/aromatic N) is 2. The average Bonchev–Trinajstić information content (AvgIpc) is 2.58. The van der Waals surface area contributed by atoms with E-state index >= 15 is 0 Å². The molecule has 0 rings (SSSR count). The first kappa shape index (κ1) is 23.9. The maximum atomic E-state index is 2.52. The van der Waals surface area contributed by atoms with Crippen molar-refractivity contribution in [3.8, 4) is 0 Å². The van der Waals surface area contributed by atoms with Crippen LogP contribution in [0.2, 0.25) is 0 Å². The van der Waals surface area contributed by atoms with Crippen molar-refractivity contribution in [1.29, 1.82) is 0 Å². The van der Waals surface area contributed by atoms with Gasteiger partial charge in [-0.1, -0.05) is 90.9 Å². The number of likely N-dealkylation sites (N-methyl/N-ethyl adjacent to an activating group) is 2. The second kappa shape index (κ2) is 19.2. The molecule has 24 heavy (non-hydrogen) atoms. The van der Waals surface area contributed by atoms with Crippen LogP contribution in [0.1, 0.15) is 104 Å². The fourth-order valence-corrected chi connectivity index (χ4v) is 3.24. The molecule has 0 aliphatic rings. The Morgan fingerprint density at radius 1 is 0.375 bits per heavy atom. The van der Waals surface area contributed by atoms with Gasteiger partial charge in [0.15, 0.2) is 0 Å². The first-order valence-corrected chi connectivity index (χ1v) is 11.1. The van der Waals surface area contributed by atoms with Crippen LogP contribution in [0.3, 0.4) is 0 Å². The van der Waals surface area contributed by atoms with Crippen LogP contribution in [0.25, 0.3) is 0 Å². The maximum absolute atomic E-state index is 2.52. The molecule has 0 unspecified atom stereocenters. The highest BCUT2D eigenvalue weighted by atomic mass is 15.2. The molecule has 0 amide bonds. The molecule has 2 nitrogen and oxygen atoms in total. The van der Waals surface area contributed by atoms with Gasteiger partial charge in [0.2, 0.25) is 0 Å². The van der Waals surface area contributed by atoms with E-state index in [1.165, 1.54) is 116 Å². The predicted molar refractivity (Wildman–Crippen MR) is 111 cm³/mol. The van der Waals surface area contributed by atoms with Crippen LogP contribution in [0.15, 0.2) is 0 Å². The quantitative estimate of drug-likeness (QED) is 0.253. The van der Waals surface area contributed by atoms with E-state index in [0.29, 0.717) is 0 Å². The van der Waals surface area contributed by atoms with Gasteiger partial charge < -0.3 is 9.80 Å². The second-order valence-corrected chi connectivity index (χ2v) is 7.85. The van der Waals surface area contributed by atoms with Gasteiger partial charge in [-0.2, -0.15) is 0 Å². The molecule has 0 fully saturated rings. The Morgan fingerprint density at radius 2 is 0.667 bits per heavy atom. The monoisotopic (exact) mass is 340 g/mol. The van der Waals surface area contributed by atoms with Crippen LogP contribution in [0.5, 0.6) is 0 Å². The molecular formula is C22H48N2. The molecule has 0 aromatic carbocycles. The minimum Gasteiger partial charge on any atom is -0.305 e. The van der Waals surface area contributed by atoms with Gasteiger partial charge >= 0.3 is 0 Å². The van der Waals surface area contributed by atoms with Gasteiger partial charge in [0, 0.05) is 13.1 Å². The summed E-state index contributed by atoms with van der Waals surface area (Å²) in [6, 6.07) is 0. The molecule has 0 N–H and O–H groups in total. The largest absolute Gasteiger partial charge is 0.305 e. The molecule has 0 heterocycles. The highest BCUT2D eigenvalue weighted by Crippen LogP contribution is 2.08. The molecular weight excluding hydrogens is 292 g/mol. The fraction of sp³-hybridized carbons (Fsp3) is 1.00. The zero-order chi connectivity index (χ0) is 17.9. The number of hydrogen-bond donors (Lipinski definition) is 0. The van der Waals surface area contributed by atoms with Gasteiger partial charge in [-0.15, -0.1) is 0 Å². The van der Waals surface area contributed by atoms with E-state index in [0.717, 1.165) is 0 Å². The van der Waals surface area contributed by atoms with E-state index in [1.54, 1.807) is 0 Å². The van der Waals surface area contributed by atoms with Gasteiger partial charge in [-0.05, 0) is 40.0 Å². The summed E-state index contributed by atoms with van der Waals surface area (Å²) < 4.78 is 0. The predicted octanol–water partition coefficient (Wildman–Crippen LogP) is 6.35. The van der Waals surface area contributed by atoms with Crippen LogP contribution in [0.4, 0.5) is 0 Å². The van der Waals surface area contributed by atoms with Crippen molar-refractivity contribution in [3.63, 3.8) is 0 Å². The van der Waals surface area contributed by atoms with Gasteiger partial charge in [0.1, 0.15) is 0 Å². The summed E-state index contributed by atoms with van der Waals surface area (Å²) in [5, 5.41) is 0. The van der Waals surface area contributed by atoms with E-state index in [1.807, 2.05) is 0 Å². The Balaban J connectivity index is 3.31. The molecule has 0 aromatic rings. The normalized spacial score (nSPS) is 11.8. The van der Waals surface area contributed by atoms with E-state index in [9.17, 15) is 0 Å². The molecule has 0 aromatic heterocycles. The van der Waals surface area contributed by atoms with Gasteiger partial charge in [0.25, 0.3) is 0 Å². The molecule has 2 heteroatoms. The minimum atomic E-state index is 1.23. The number of unbranched alkanes of at least 4 members (excludes halogenated alkanes) is 12. The van der Waals surface area contributed by atoms with Crippen molar-refractivity contribution in [1.82, 2.24) is 9.80 Å². The molecule has 0 saturated heterocycles. The van der Waals surface area contributed by atoms with E-state index in [4.69, 9.17) is 0 Å². The topological polar surface area (TPSA) is 6.48 Å². The third kappa shape index (κ3) is 18.3. The van der Waals surface area contributed by atoms with E-state index in [-0.39, 0.29) is 0 Å². The number of rotatable bonds is 19. The van der Waals surface area contributed by atoms with Crippen LogP contribution < -0.4 is 0 Å². The van der Waals surface area contributed by atoms with Gasteiger partial charge in [-0.3, -0.25) is 0 Å². The molecule has 0 saturated carbocycles. The van der Waals surface area contributed by atoms with Crippen molar-refractivity contribution in [2.75, 3.05) is 40.3 Å². The Bertz CT molecular complexity index is 206. The summed E-state index contributed by atoms with van der Waals surface area (Å²) in [6.45, 7) is 9.59. The summed E-state index contributed by atoms with van der Waals surface area (Å²) in [7, 11) is 4.58. The standard InChI is InChI=1S/C22H48N2/c1-5-7-9-11-13-15-17-19-23(3)21-22-24(4)20-18-16-14-12-10-8-6-2/h5-22H2,1-4H3. The zero-order valence-electron chi connectivity index (χ0n) is 17.6. The summed E-state index contributed by atoms with van der Waals surface area (Å²) in [6.07, 6.45) is 19.8. The number of hydrogen-bond acceptors (Lipinski definition) is 2.